The molecule has 0 aliphatic heterocycles. The van der Waals surface area contributed by atoms with Crippen molar-refractivity contribution in [3.63, 3.8) is 0 Å². The minimum atomic E-state index is -4.34. The summed E-state index contributed by atoms with van der Waals surface area (Å²) in [7, 11) is 1.57. The molecular formula is C16H13F3N6O. The molecule has 3 aromatic heterocycles. The highest BCUT2D eigenvalue weighted by atomic mass is 19.4. The topological polar surface area (TPSA) is 80.6 Å². The summed E-state index contributed by atoms with van der Waals surface area (Å²) < 4.78 is 43.6. The van der Waals surface area contributed by atoms with Crippen molar-refractivity contribution in [1.82, 2.24) is 25.0 Å². The van der Waals surface area contributed by atoms with Gasteiger partial charge in [0, 0.05) is 11.6 Å². The van der Waals surface area contributed by atoms with Crippen LogP contribution in [0.15, 0.2) is 36.8 Å². The molecule has 1 aromatic carbocycles. The normalized spacial score (nSPS) is 12.0. The number of alkyl halides is 3. The molecule has 0 radical (unpaired) electrons. The van der Waals surface area contributed by atoms with E-state index in [1.54, 1.807) is 13.3 Å². The van der Waals surface area contributed by atoms with Gasteiger partial charge >= 0.3 is 6.18 Å². The van der Waals surface area contributed by atoms with Gasteiger partial charge in [0.1, 0.15) is 17.8 Å². The van der Waals surface area contributed by atoms with Gasteiger partial charge in [0.25, 0.3) is 0 Å². The molecule has 10 heteroatoms. The second-order valence-corrected chi connectivity index (χ2v) is 5.64. The number of aromatic nitrogens is 5. The van der Waals surface area contributed by atoms with Crippen LogP contribution in [0.3, 0.4) is 0 Å². The number of fused-ring (bicyclic) bond motifs is 3. The smallest absolute Gasteiger partial charge is 0.408 e. The van der Waals surface area contributed by atoms with Gasteiger partial charge in [-0.1, -0.05) is 6.07 Å². The first kappa shape index (κ1) is 16.2. The van der Waals surface area contributed by atoms with Gasteiger partial charge in [-0.2, -0.15) is 23.4 Å². The van der Waals surface area contributed by atoms with Gasteiger partial charge in [0.2, 0.25) is 0 Å². The molecule has 0 atom stereocenters. The minimum absolute atomic E-state index is 0.389. The lowest BCUT2D eigenvalue weighted by Crippen LogP contribution is -2.17. The second-order valence-electron chi connectivity index (χ2n) is 5.64. The highest BCUT2D eigenvalue weighted by Crippen LogP contribution is 2.34. The molecule has 0 unspecified atom stereocenters. The van der Waals surface area contributed by atoms with Gasteiger partial charge in [-0.15, -0.1) is 0 Å². The Morgan fingerprint density at radius 2 is 2.12 bits per heavy atom. The molecule has 0 bridgehead atoms. The lowest BCUT2D eigenvalue weighted by atomic mass is 10.1. The molecule has 0 amide bonds. The number of methoxy groups -OCH3 is 1. The molecule has 4 rings (SSSR count). The minimum Gasteiger partial charge on any atom is -0.496 e. The fraction of sp³-hybridized carbons (Fsp3) is 0.188. The molecule has 0 saturated carbocycles. The number of H-pyrrole nitrogens is 1. The summed E-state index contributed by atoms with van der Waals surface area (Å²) in [6, 6.07) is 5.46. The molecular weight excluding hydrogens is 349 g/mol. The molecule has 0 aliphatic carbocycles. The molecule has 2 N–H and O–H groups in total. The Hall–Kier alpha value is -3.30. The number of ether oxygens (including phenoxy) is 1. The summed E-state index contributed by atoms with van der Waals surface area (Å²) in [4.78, 5) is 4.54. The van der Waals surface area contributed by atoms with Crippen LogP contribution >= 0.6 is 0 Å². The van der Waals surface area contributed by atoms with Gasteiger partial charge in [-0.05, 0) is 12.1 Å². The maximum absolute atomic E-state index is 12.5. The summed E-state index contributed by atoms with van der Waals surface area (Å²) in [6.07, 6.45) is -0.101. The quantitative estimate of drug-likeness (QED) is 0.580. The molecule has 7 nitrogen and oxygen atoms in total. The third-order valence-corrected chi connectivity index (χ3v) is 3.84. The molecule has 0 saturated heterocycles. The van der Waals surface area contributed by atoms with Crippen LogP contribution in [0.1, 0.15) is 0 Å². The van der Waals surface area contributed by atoms with Crippen molar-refractivity contribution in [3.05, 3.63) is 36.8 Å². The van der Waals surface area contributed by atoms with Gasteiger partial charge in [-0.3, -0.25) is 9.78 Å². The van der Waals surface area contributed by atoms with Crippen molar-refractivity contribution in [2.45, 2.75) is 12.7 Å². The van der Waals surface area contributed by atoms with Crippen LogP contribution in [0.5, 0.6) is 5.75 Å². The van der Waals surface area contributed by atoms with Crippen molar-refractivity contribution in [1.29, 1.82) is 0 Å². The fourth-order valence-corrected chi connectivity index (χ4v) is 2.81. The van der Waals surface area contributed by atoms with E-state index < -0.39 is 12.7 Å². The van der Waals surface area contributed by atoms with Crippen LogP contribution in [-0.2, 0) is 6.54 Å². The average molecular weight is 362 g/mol. The van der Waals surface area contributed by atoms with Crippen LogP contribution in [0, 0.1) is 0 Å². The lowest BCUT2D eigenvalue weighted by molar-refractivity contribution is -0.142. The summed E-state index contributed by atoms with van der Waals surface area (Å²) >= 11 is 0. The number of benzene rings is 1. The number of hydrogen-bond acceptors (Lipinski definition) is 5. The Morgan fingerprint density at radius 1 is 1.27 bits per heavy atom. The van der Waals surface area contributed by atoms with E-state index in [1.165, 1.54) is 12.4 Å². The largest absolute Gasteiger partial charge is 0.496 e. The number of anilines is 2. The Labute approximate surface area is 144 Å². The van der Waals surface area contributed by atoms with E-state index in [9.17, 15) is 13.2 Å². The first-order valence-corrected chi connectivity index (χ1v) is 7.60. The second kappa shape index (κ2) is 5.90. The molecule has 0 spiro atoms. The number of pyridine rings is 1. The zero-order chi connectivity index (χ0) is 18.3. The van der Waals surface area contributed by atoms with Crippen molar-refractivity contribution in [3.8, 4) is 5.75 Å². The number of nitrogens with zero attached hydrogens (tertiary/aromatic N) is 4. The SMILES string of the molecule is COc1cccc2nc(Nc3cnn(CC(F)(F)F)c3)c3[nH]ncc3c12. The number of nitrogens with one attached hydrogen (secondary N) is 2. The van der Waals surface area contributed by atoms with Crippen LogP contribution in [0.25, 0.3) is 21.8 Å². The van der Waals surface area contributed by atoms with Crippen LogP contribution < -0.4 is 10.1 Å². The highest BCUT2D eigenvalue weighted by molar-refractivity contribution is 6.11. The zero-order valence-corrected chi connectivity index (χ0v) is 13.5. The first-order valence-electron chi connectivity index (χ1n) is 7.60. The molecule has 4 aromatic rings. The van der Waals surface area contributed by atoms with Gasteiger partial charge < -0.3 is 10.1 Å². The Bertz CT molecular complexity index is 1080. The monoisotopic (exact) mass is 362 g/mol. The van der Waals surface area contributed by atoms with Crippen LogP contribution in [-0.4, -0.2) is 38.2 Å². The number of halogens is 3. The number of aromatic amines is 1. The number of hydrogen-bond donors (Lipinski definition) is 2. The third-order valence-electron chi connectivity index (χ3n) is 3.84. The molecule has 134 valence electrons. The highest BCUT2D eigenvalue weighted by Gasteiger charge is 2.28. The van der Waals surface area contributed by atoms with E-state index in [1.807, 2.05) is 18.2 Å². The summed E-state index contributed by atoms with van der Waals surface area (Å²) in [6.45, 7) is -1.16. The van der Waals surface area contributed by atoms with Gasteiger partial charge in [0.15, 0.2) is 5.82 Å². The Balaban J connectivity index is 1.76. The predicted molar refractivity (Wildman–Crippen MR) is 89.5 cm³/mol. The van der Waals surface area contributed by atoms with E-state index in [0.717, 1.165) is 15.5 Å². The maximum atomic E-state index is 12.5. The Kier molecular flexibility index (Phi) is 3.67. The lowest BCUT2D eigenvalue weighted by Gasteiger charge is -2.10. The van der Waals surface area contributed by atoms with Crippen molar-refractivity contribution >= 4 is 33.3 Å². The zero-order valence-electron chi connectivity index (χ0n) is 13.5. The molecule has 0 fully saturated rings. The first-order chi connectivity index (χ1) is 12.4. The third kappa shape index (κ3) is 2.89. The predicted octanol–water partition coefficient (Wildman–Crippen LogP) is 3.62. The maximum Gasteiger partial charge on any atom is 0.408 e. The van der Waals surface area contributed by atoms with E-state index in [2.05, 4.69) is 25.6 Å². The molecule has 26 heavy (non-hydrogen) atoms. The van der Waals surface area contributed by atoms with Crippen molar-refractivity contribution in [2.24, 2.45) is 0 Å². The van der Waals surface area contributed by atoms with Crippen LogP contribution in [0.4, 0.5) is 24.7 Å². The molecule has 0 aliphatic rings. The van der Waals surface area contributed by atoms with Crippen molar-refractivity contribution in [2.75, 3.05) is 12.4 Å². The number of rotatable bonds is 4. The van der Waals surface area contributed by atoms with Gasteiger partial charge in [0.05, 0.1) is 36.1 Å². The summed E-state index contributed by atoms with van der Waals surface area (Å²) in [5, 5.41) is 15.2. The average Bonchev–Trinajstić information content (AvgIpc) is 3.22. The Morgan fingerprint density at radius 3 is 2.88 bits per heavy atom. The van der Waals surface area contributed by atoms with E-state index in [4.69, 9.17) is 4.74 Å². The fourth-order valence-electron chi connectivity index (χ4n) is 2.81. The van der Waals surface area contributed by atoms with E-state index in [0.29, 0.717) is 28.3 Å². The van der Waals surface area contributed by atoms with Crippen LogP contribution in [0.2, 0.25) is 0 Å². The molecule has 3 heterocycles. The standard InChI is InChI=1S/C16H13F3N6O/c1-26-12-4-2-3-11-13(12)10-6-20-24-14(10)15(23-11)22-9-5-21-25(7-9)8-16(17,18)19/h2-7H,8H2,1H3,(H,20,24)(H,22,23). The van der Waals surface area contributed by atoms with Gasteiger partial charge in [-0.25, -0.2) is 4.98 Å². The van der Waals surface area contributed by atoms with E-state index >= 15 is 0 Å². The van der Waals surface area contributed by atoms with Crippen molar-refractivity contribution < 1.29 is 17.9 Å². The summed E-state index contributed by atoms with van der Waals surface area (Å²) in [5.74, 6) is 1.09. The summed E-state index contributed by atoms with van der Waals surface area (Å²) in [5.41, 5.74) is 1.67. The van der Waals surface area contributed by atoms with E-state index in [-0.39, 0.29) is 0 Å².